The summed E-state index contributed by atoms with van der Waals surface area (Å²) >= 11 is 0. The van der Waals surface area contributed by atoms with Crippen molar-refractivity contribution in [3.8, 4) is 0 Å². The van der Waals surface area contributed by atoms with Crippen molar-refractivity contribution >= 4 is 5.91 Å². The van der Waals surface area contributed by atoms with E-state index in [9.17, 15) is 4.79 Å². The van der Waals surface area contributed by atoms with E-state index in [2.05, 4.69) is 12.2 Å². The second-order valence-corrected chi connectivity index (χ2v) is 5.95. The molecule has 3 nitrogen and oxygen atoms in total. The fourth-order valence-electron chi connectivity index (χ4n) is 3.26. The van der Waals surface area contributed by atoms with Crippen molar-refractivity contribution in [2.75, 3.05) is 19.6 Å². The maximum absolute atomic E-state index is 12.0. The zero-order chi connectivity index (χ0) is 12.8. The molecule has 0 aromatic rings. The Kier molecular flexibility index (Phi) is 5.48. The molecule has 2 rings (SSSR count). The van der Waals surface area contributed by atoms with Crippen LogP contribution in [0.25, 0.3) is 0 Å². The number of carbonyl (C=O) groups excluding carboxylic acids is 1. The Labute approximate surface area is 111 Å². The smallest absolute Gasteiger partial charge is 0.236 e. The number of carbonyl (C=O) groups is 1. The Morgan fingerprint density at radius 2 is 1.78 bits per heavy atom. The fraction of sp³-hybridized carbons (Fsp3) is 0.933. The van der Waals surface area contributed by atoms with Crippen molar-refractivity contribution in [1.82, 2.24) is 10.2 Å². The lowest BCUT2D eigenvalue weighted by Gasteiger charge is -2.30. The quantitative estimate of drug-likeness (QED) is 0.834. The van der Waals surface area contributed by atoms with Crippen LogP contribution >= 0.6 is 0 Å². The number of nitrogens with zero attached hydrogens (tertiary/aromatic N) is 1. The molecular formula is C15H28N2O. The first-order valence-electron chi connectivity index (χ1n) is 7.80. The van der Waals surface area contributed by atoms with E-state index in [1.165, 1.54) is 51.4 Å². The van der Waals surface area contributed by atoms with Gasteiger partial charge in [-0.2, -0.15) is 0 Å². The summed E-state index contributed by atoms with van der Waals surface area (Å²) in [6.45, 7) is 4.80. The Balaban J connectivity index is 1.63. The summed E-state index contributed by atoms with van der Waals surface area (Å²) in [7, 11) is 0. The normalized spacial score (nSPS) is 29.3. The molecule has 0 aromatic heterocycles. The maximum atomic E-state index is 12.0. The van der Waals surface area contributed by atoms with Crippen molar-refractivity contribution in [3.05, 3.63) is 0 Å². The third kappa shape index (κ3) is 3.98. The Hall–Kier alpha value is -0.570. The first-order valence-corrected chi connectivity index (χ1v) is 7.80. The average Bonchev–Trinajstić information content (AvgIpc) is 2.46. The molecule has 18 heavy (non-hydrogen) atoms. The number of piperidine rings is 1. The third-order valence-electron chi connectivity index (χ3n) is 4.67. The Morgan fingerprint density at radius 3 is 2.39 bits per heavy atom. The lowest BCUT2D eigenvalue weighted by molar-refractivity contribution is -0.131. The summed E-state index contributed by atoms with van der Waals surface area (Å²) in [6.07, 6.45) is 10.2. The van der Waals surface area contributed by atoms with Crippen LogP contribution in [0.1, 0.15) is 58.3 Å². The van der Waals surface area contributed by atoms with Gasteiger partial charge in [-0.3, -0.25) is 4.79 Å². The van der Waals surface area contributed by atoms with E-state index in [1.807, 2.05) is 4.90 Å². The van der Waals surface area contributed by atoms with Crippen molar-refractivity contribution in [3.63, 3.8) is 0 Å². The Morgan fingerprint density at radius 1 is 1.11 bits per heavy atom. The second-order valence-electron chi connectivity index (χ2n) is 5.95. The molecule has 1 aliphatic carbocycles. The summed E-state index contributed by atoms with van der Waals surface area (Å²) in [5, 5.41) is 3.47. The van der Waals surface area contributed by atoms with Gasteiger partial charge in [0.05, 0.1) is 6.54 Å². The highest BCUT2D eigenvalue weighted by atomic mass is 16.2. The monoisotopic (exact) mass is 252 g/mol. The predicted molar refractivity (Wildman–Crippen MR) is 74.5 cm³/mol. The van der Waals surface area contributed by atoms with Crippen LogP contribution in [0.2, 0.25) is 0 Å². The minimum atomic E-state index is 0.312. The van der Waals surface area contributed by atoms with Crippen LogP contribution in [0.15, 0.2) is 0 Å². The van der Waals surface area contributed by atoms with Gasteiger partial charge >= 0.3 is 0 Å². The standard InChI is InChI=1S/C15H28N2O/c1-2-13-6-8-14(9-7-13)16-12-15(18)17-10-4-3-5-11-17/h13-14,16H,2-12H2,1H3. The number of hydrogen-bond donors (Lipinski definition) is 1. The fourth-order valence-corrected chi connectivity index (χ4v) is 3.26. The van der Waals surface area contributed by atoms with Crippen LogP contribution in [0, 0.1) is 5.92 Å². The lowest BCUT2D eigenvalue weighted by Crippen LogP contribution is -2.44. The minimum Gasteiger partial charge on any atom is -0.342 e. The van der Waals surface area contributed by atoms with Gasteiger partial charge in [-0.05, 0) is 50.9 Å². The summed E-state index contributed by atoms with van der Waals surface area (Å²) in [5.41, 5.74) is 0. The highest BCUT2D eigenvalue weighted by molar-refractivity contribution is 5.78. The molecule has 0 atom stereocenters. The molecule has 1 N–H and O–H groups in total. The van der Waals surface area contributed by atoms with Crippen molar-refractivity contribution in [1.29, 1.82) is 0 Å². The molecule has 2 fully saturated rings. The van der Waals surface area contributed by atoms with E-state index in [4.69, 9.17) is 0 Å². The van der Waals surface area contributed by atoms with E-state index in [0.29, 0.717) is 18.5 Å². The molecule has 1 heterocycles. The van der Waals surface area contributed by atoms with Crippen molar-refractivity contribution < 1.29 is 4.79 Å². The third-order valence-corrected chi connectivity index (χ3v) is 4.67. The minimum absolute atomic E-state index is 0.312. The van der Waals surface area contributed by atoms with Gasteiger partial charge in [0.25, 0.3) is 0 Å². The summed E-state index contributed by atoms with van der Waals surface area (Å²) < 4.78 is 0. The number of hydrogen-bond acceptors (Lipinski definition) is 2. The van der Waals surface area contributed by atoms with Gasteiger partial charge in [0.1, 0.15) is 0 Å². The molecule has 0 bridgehead atoms. The lowest BCUT2D eigenvalue weighted by atomic mass is 9.84. The first-order chi connectivity index (χ1) is 8.79. The molecule has 3 heteroatoms. The molecule has 1 saturated carbocycles. The van der Waals surface area contributed by atoms with Gasteiger partial charge < -0.3 is 10.2 Å². The molecule has 1 amide bonds. The molecule has 0 radical (unpaired) electrons. The number of nitrogens with one attached hydrogen (secondary N) is 1. The number of rotatable bonds is 4. The zero-order valence-corrected chi connectivity index (χ0v) is 11.8. The summed E-state index contributed by atoms with van der Waals surface area (Å²) in [6, 6.07) is 0.585. The number of amides is 1. The Bertz CT molecular complexity index is 253. The van der Waals surface area contributed by atoms with Gasteiger partial charge in [-0.1, -0.05) is 13.3 Å². The molecule has 1 aliphatic heterocycles. The topological polar surface area (TPSA) is 32.3 Å². The summed E-state index contributed by atoms with van der Waals surface area (Å²) in [4.78, 5) is 14.1. The summed E-state index contributed by atoms with van der Waals surface area (Å²) in [5.74, 6) is 1.24. The van der Waals surface area contributed by atoms with E-state index >= 15 is 0 Å². The molecule has 0 aromatic carbocycles. The van der Waals surface area contributed by atoms with Gasteiger partial charge in [0.15, 0.2) is 0 Å². The SMILES string of the molecule is CCC1CCC(NCC(=O)N2CCCCC2)CC1. The van der Waals surface area contributed by atoms with Crippen LogP contribution < -0.4 is 5.32 Å². The highest BCUT2D eigenvalue weighted by Crippen LogP contribution is 2.26. The van der Waals surface area contributed by atoms with Gasteiger partial charge in [0.2, 0.25) is 5.91 Å². The van der Waals surface area contributed by atoms with Crippen LogP contribution in [-0.2, 0) is 4.79 Å². The molecule has 104 valence electrons. The van der Waals surface area contributed by atoms with Crippen LogP contribution in [0.4, 0.5) is 0 Å². The largest absolute Gasteiger partial charge is 0.342 e. The second kappa shape index (κ2) is 7.13. The van der Waals surface area contributed by atoms with Gasteiger partial charge in [-0.25, -0.2) is 0 Å². The van der Waals surface area contributed by atoms with E-state index in [-0.39, 0.29) is 0 Å². The highest BCUT2D eigenvalue weighted by Gasteiger charge is 2.21. The predicted octanol–water partition coefficient (Wildman–Crippen LogP) is 2.56. The first kappa shape index (κ1) is 13.9. The van der Waals surface area contributed by atoms with Crippen LogP contribution in [-0.4, -0.2) is 36.5 Å². The van der Waals surface area contributed by atoms with Crippen LogP contribution in [0.5, 0.6) is 0 Å². The van der Waals surface area contributed by atoms with Gasteiger partial charge in [0, 0.05) is 19.1 Å². The molecule has 2 aliphatic rings. The van der Waals surface area contributed by atoms with E-state index in [0.717, 1.165) is 19.0 Å². The number of likely N-dealkylation sites (tertiary alicyclic amines) is 1. The van der Waals surface area contributed by atoms with Gasteiger partial charge in [-0.15, -0.1) is 0 Å². The van der Waals surface area contributed by atoms with Crippen LogP contribution in [0.3, 0.4) is 0 Å². The molecule has 0 unspecified atom stereocenters. The zero-order valence-electron chi connectivity index (χ0n) is 11.8. The maximum Gasteiger partial charge on any atom is 0.236 e. The average molecular weight is 252 g/mol. The van der Waals surface area contributed by atoms with Crippen molar-refractivity contribution in [2.45, 2.75) is 64.3 Å². The molecular weight excluding hydrogens is 224 g/mol. The van der Waals surface area contributed by atoms with Crippen molar-refractivity contribution in [2.24, 2.45) is 5.92 Å². The van der Waals surface area contributed by atoms with E-state index in [1.54, 1.807) is 0 Å². The van der Waals surface area contributed by atoms with E-state index < -0.39 is 0 Å². The molecule has 0 spiro atoms. The molecule has 1 saturated heterocycles.